The zero-order valence-electron chi connectivity index (χ0n) is 19.1. The van der Waals surface area contributed by atoms with Crippen molar-refractivity contribution in [1.82, 2.24) is 9.80 Å². The number of nitrogens with one attached hydrogen (secondary N) is 2. The van der Waals surface area contributed by atoms with E-state index in [2.05, 4.69) is 20.4 Å². The number of primary amides is 1. The monoisotopic (exact) mass is 469 g/mol. The van der Waals surface area contributed by atoms with Crippen molar-refractivity contribution in [2.45, 2.75) is 39.2 Å². The van der Waals surface area contributed by atoms with Crippen molar-refractivity contribution >= 4 is 39.7 Å². The Hall–Kier alpha value is -2.75. The Morgan fingerprint density at radius 3 is 2.42 bits per heavy atom. The van der Waals surface area contributed by atoms with Gasteiger partial charge in [-0.2, -0.15) is 0 Å². The van der Waals surface area contributed by atoms with Gasteiger partial charge in [-0.05, 0) is 50.8 Å². The van der Waals surface area contributed by atoms with E-state index in [0.29, 0.717) is 43.3 Å². The molecule has 2 aromatic rings. The number of nitrogens with two attached hydrogens (primary N) is 1. The van der Waals surface area contributed by atoms with Crippen LogP contribution in [0.1, 0.15) is 39.7 Å². The zero-order valence-corrected chi connectivity index (χ0v) is 20.0. The maximum Gasteiger partial charge on any atom is 0.251 e. The second-order valence-electron chi connectivity index (χ2n) is 8.82. The van der Waals surface area contributed by atoms with E-state index in [4.69, 9.17) is 5.73 Å². The molecule has 0 saturated carbocycles. The summed E-state index contributed by atoms with van der Waals surface area (Å²) in [6, 6.07) is 7.40. The van der Waals surface area contributed by atoms with E-state index >= 15 is 0 Å². The van der Waals surface area contributed by atoms with Gasteiger partial charge in [-0.1, -0.05) is 17.7 Å². The van der Waals surface area contributed by atoms with Crippen molar-refractivity contribution in [1.29, 1.82) is 0 Å². The summed E-state index contributed by atoms with van der Waals surface area (Å²) in [6.45, 7) is 7.00. The highest BCUT2D eigenvalue weighted by molar-refractivity contribution is 7.17. The molecule has 1 aliphatic carbocycles. The number of hydrogen-bond acceptors (Lipinski definition) is 6. The molecule has 0 bridgehead atoms. The van der Waals surface area contributed by atoms with Crippen LogP contribution in [0.2, 0.25) is 0 Å². The molecule has 3 amide bonds. The zero-order chi connectivity index (χ0) is 23.5. The summed E-state index contributed by atoms with van der Waals surface area (Å²) in [4.78, 5) is 42.6. The average molecular weight is 470 g/mol. The van der Waals surface area contributed by atoms with Gasteiger partial charge in [0, 0.05) is 36.7 Å². The van der Waals surface area contributed by atoms with Gasteiger partial charge < -0.3 is 16.4 Å². The molecule has 9 heteroatoms. The van der Waals surface area contributed by atoms with Crippen molar-refractivity contribution in [3.8, 4) is 0 Å². The molecular weight excluding hydrogens is 438 g/mol. The van der Waals surface area contributed by atoms with Crippen molar-refractivity contribution in [2.75, 3.05) is 43.4 Å². The molecule has 33 heavy (non-hydrogen) atoms. The molecule has 1 aromatic carbocycles. The molecule has 1 aromatic heterocycles. The SMILES string of the molecule is Cc1ccc(NC(=O)CN2CCN([C@H](C)C(=O)Nc3sc4c(c3C(N)=O)CCC4)CC2)cc1. The lowest BCUT2D eigenvalue weighted by Gasteiger charge is -2.37. The van der Waals surface area contributed by atoms with Gasteiger partial charge in [0.15, 0.2) is 0 Å². The number of benzene rings is 1. The molecule has 2 aliphatic rings. The lowest BCUT2D eigenvalue weighted by molar-refractivity contribution is -0.122. The molecular formula is C24H31N5O3S. The first-order valence-corrected chi connectivity index (χ1v) is 12.2. The van der Waals surface area contributed by atoms with Gasteiger partial charge in [0.1, 0.15) is 5.00 Å². The Kier molecular flexibility index (Phi) is 7.11. The summed E-state index contributed by atoms with van der Waals surface area (Å²) in [7, 11) is 0. The quantitative estimate of drug-likeness (QED) is 0.576. The van der Waals surface area contributed by atoms with Gasteiger partial charge in [0.05, 0.1) is 18.2 Å². The number of aryl methyl sites for hydroxylation is 2. The summed E-state index contributed by atoms with van der Waals surface area (Å²) in [6.07, 6.45) is 2.81. The lowest BCUT2D eigenvalue weighted by atomic mass is 10.1. The summed E-state index contributed by atoms with van der Waals surface area (Å²) >= 11 is 1.47. The number of amides is 3. The summed E-state index contributed by atoms with van der Waals surface area (Å²) in [5, 5.41) is 6.46. The molecule has 4 rings (SSSR count). The normalized spacial score (nSPS) is 17.4. The molecule has 176 valence electrons. The fraction of sp³-hybridized carbons (Fsp3) is 0.458. The van der Waals surface area contributed by atoms with Crippen LogP contribution in [0.25, 0.3) is 0 Å². The Labute approximate surface area is 198 Å². The van der Waals surface area contributed by atoms with Gasteiger partial charge in [0.25, 0.3) is 5.91 Å². The maximum atomic E-state index is 12.9. The summed E-state index contributed by atoms with van der Waals surface area (Å²) < 4.78 is 0. The third-order valence-corrected chi connectivity index (χ3v) is 7.65. The molecule has 1 fully saturated rings. The highest BCUT2D eigenvalue weighted by Gasteiger charge is 2.30. The van der Waals surface area contributed by atoms with E-state index in [1.165, 1.54) is 11.3 Å². The molecule has 8 nitrogen and oxygen atoms in total. The van der Waals surface area contributed by atoms with Crippen LogP contribution >= 0.6 is 11.3 Å². The van der Waals surface area contributed by atoms with Crippen LogP contribution in [0.4, 0.5) is 10.7 Å². The highest BCUT2D eigenvalue weighted by atomic mass is 32.1. The highest BCUT2D eigenvalue weighted by Crippen LogP contribution is 2.38. The van der Waals surface area contributed by atoms with Gasteiger partial charge >= 0.3 is 0 Å². The van der Waals surface area contributed by atoms with E-state index in [0.717, 1.165) is 41.0 Å². The standard InChI is InChI=1S/C24H31N5O3S/c1-15-6-8-17(9-7-15)26-20(30)14-28-10-12-29(13-11-28)16(2)23(32)27-24-21(22(25)31)18-4-3-5-19(18)33-24/h6-9,16H,3-5,10-14H2,1-2H3,(H2,25,31)(H,26,30)(H,27,32)/t16-/m1/s1. The van der Waals surface area contributed by atoms with Crippen LogP contribution in [-0.2, 0) is 22.4 Å². The molecule has 1 aliphatic heterocycles. The Morgan fingerprint density at radius 1 is 1.06 bits per heavy atom. The third-order valence-electron chi connectivity index (χ3n) is 6.44. The Bertz CT molecular complexity index is 1040. The number of thiophene rings is 1. The van der Waals surface area contributed by atoms with Gasteiger partial charge in [-0.15, -0.1) is 11.3 Å². The van der Waals surface area contributed by atoms with Crippen LogP contribution in [0, 0.1) is 6.92 Å². The average Bonchev–Trinajstić information content (AvgIpc) is 3.36. The van der Waals surface area contributed by atoms with Crippen molar-refractivity contribution in [2.24, 2.45) is 5.73 Å². The second-order valence-corrected chi connectivity index (χ2v) is 9.92. The molecule has 4 N–H and O–H groups in total. The first kappa shape index (κ1) is 23.4. The van der Waals surface area contributed by atoms with Crippen LogP contribution in [0.5, 0.6) is 0 Å². The topological polar surface area (TPSA) is 108 Å². The van der Waals surface area contributed by atoms with Gasteiger partial charge in [-0.3, -0.25) is 24.2 Å². The maximum absolute atomic E-state index is 12.9. The van der Waals surface area contributed by atoms with Crippen molar-refractivity contribution in [3.63, 3.8) is 0 Å². The Balaban J connectivity index is 1.27. The van der Waals surface area contributed by atoms with E-state index in [9.17, 15) is 14.4 Å². The van der Waals surface area contributed by atoms with E-state index < -0.39 is 5.91 Å². The molecule has 0 spiro atoms. The smallest absolute Gasteiger partial charge is 0.251 e. The Morgan fingerprint density at radius 2 is 1.76 bits per heavy atom. The third kappa shape index (κ3) is 5.43. The van der Waals surface area contributed by atoms with Crippen molar-refractivity contribution < 1.29 is 14.4 Å². The van der Waals surface area contributed by atoms with Crippen LogP contribution < -0.4 is 16.4 Å². The molecule has 2 heterocycles. The van der Waals surface area contributed by atoms with Gasteiger partial charge in [-0.25, -0.2) is 0 Å². The molecule has 1 atom stereocenters. The number of carbonyl (C=O) groups is 3. The lowest BCUT2D eigenvalue weighted by Crippen LogP contribution is -2.53. The van der Waals surface area contributed by atoms with Crippen LogP contribution in [-0.4, -0.2) is 66.3 Å². The van der Waals surface area contributed by atoms with Crippen molar-refractivity contribution in [3.05, 3.63) is 45.8 Å². The van der Waals surface area contributed by atoms with E-state index in [1.807, 2.05) is 38.1 Å². The minimum atomic E-state index is -0.477. The minimum Gasteiger partial charge on any atom is -0.365 e. The first-order valence-electron chi connectivity index (χ1n) is 11.4. The predicted molar refractivity (Wildman–Crippen MR) is 131 cm³/mol. The number of anilines is 2. The first-order chi connectivity index (χ1) is 15.8. The number of fused-ring (bicyclic) bond motifs is 1. The van der Waals surface area contributed by atoms with Crippen LogP contribution in [0.3, 0.4) is 0 Å². The minimum absolute atomic E-state index is 0.0391. The van der Waals surface area contributed by atoms with E-state index in [1.54, 1.807) is 0 Å². The number of nitrogens with zero attached hydrogens (tertiary/aromatic N) is 2. The van der Waals surface area contributed by atoms with Gasteiger partial charge in [0.2, 0.25) is 11.8 Å². The fourth-order valence-electron chi connectivity index (χ4n) is 4.48. The molecule has 1 saturated heterocycles. The summed E-state index contributed by atoms with van der Waals surface area (Å²) in [5.74, 6) is -0.652. The number of piperazine rings is 1. The van der Waals surface area contributed by atoms with Crippen LogP contribution in [0.15, 0.2) is 24.3 Å². The number of hydrogen-bond donors (Lipinski definition) is 3. The second kappa shape index (κ2) is 10.0. The largest absolute Gasteiger partial charge is 0.365 e. The molecule has 0 unspecified atom stereocenters. The summed E-state index contributed by atoms with van der Waals surface area (Å²) in [5.41, 5.74) is 9.04. The number of carbonyl (C=O) groups excluding carboxylic acids is 3. The van der Waals surface area contributed by atoms with E-state index in [-0.39, 0.29) is 17.9 Å². The predicted octanol–water partition coefficient (Wildman–Crippen LogP) is 2.23. The number of rotatable bonds is 7. The fourth-order valence-corrected chi connectivity index (χ4v) is 5.78. The molecule has 0 radical (unpaired) electrons.